The van der Waals surface area contributed by atoms with E-state index in [0.29, 0.717) is 0 Å². The minimum atomic E-state index is -1.04. The van der Waals surface area contributed by atoms with E-state index < -0.39 is 5.97 Å². The Balaban J connectivity index is 1.57. The van der Waals surface area contributed by atoms with Crippen molar-refractivity contribution in [2.24, 2.45) is 0 Å². The third-order valence-electron chi connectivity index (χ3n) is 6.42. The van der Waals surface area contributed by atoms with Gasteiger partial charge in [0.05, 0.1) is 5.57 Å². The summed E-state index contributed by atoms with van der Waals surface area (Å²) in [6, 6.07) is 0. The zero-order valence-corrected chi connectivity index (χ0v) is 22.6. The molecule has 0 aromatic carbocycles. The minimum Gasteiger partial charge on any atom is -0.336 e. The molecule has 1 saturated heterocycles. The highest BCUT2D eigenvalue weighted by atomic mass is 17.5. The maximum absolute atomic E-state index is 5.24. The Morgan fingerprint density at radius 3 is 1.47 bits per heavy atom. The van der Waals surface area contributed by atoms with Crippen molar-refractivity contribution in [2.75, 3.05) is 0 Å². The second kappa shape index (κ2) is 14.5. The molecule has 4 heteroatoms. The van der Waals surface area contributed by atoms with E-state index in [9.17, 15) is 0 Å². The summed E-state index contributed by atoms with van der Waals surface area (Å²) in [7, 11) is 0. The van der Waals surface area contributed by atoms with Crippen LogP contribution in [0.5, 0.6) is 0 Å². The molecule has 0 atom stereocenters. The molecule has 1 spiro atoms. The molecule has 2 rings (SSSR count). The molecule has 190 valence electrons. The summed E-state index contributed by atoms with van der Waals surface area (Å²) in [6.07, 6.45) is 22.7. The first-order chi connectivity index (χ1) is 16.2. The lowest BCUT2D eigenvalue weighted by Gasteiger charge is -2.04. The van der Waals surface area contributed by atoms with Gasteiger partial charge in [0.2, 0.25) is 0 Å². The maximum Gasteiger partial charge on any atom is 0.402 e. The van der Waals surface area contributed by atoms with E-state index in [2.05, 4.69) is 71.9 Å². The number of hydrogen-bond acceptors (Lipinski definition) is 4. The van der Waals surface area contributed by atoms with Crippen LogP contribution in [0.15, 0.2) is 69.6 Å². The van der Waals surface area contributed by atoms with E-state index in [1.54, 1.807) is 0 Å². The smallest absolute Gasteiger partial charge is 0.336 e. The van der Waals surface area contributed by atoms with Gasteiger partial charge in [0.15, 0.2) is 0 Å². The van der Waals surface area contributed by atoms with E-state index >= 15 is 0 Å². The van der Waals surface area contributed by atoms with Gasteiger partial charge in [0.25, 0.3) is 0 Å². The molecule has 0 unspecified atom stereocenters. The second-order valence-corrected chi connectivity index (χ2v) is 10.1. The second-order valence-electron chi connectivity index (χ2n) is 10.1. The van der Waals surface area contributed by atoms with Crippen molar-refractivity contribution in [2.45, 2.75) is 119 Å². The third-order valence-corrected chi connectivity index (χ3v) is 6.42. The van der Waals surface area contributed by atoms with E-state index in [1.807, 2.05) is 6.92 Å². The van der Waals surface area contributed by atoms with Crippen molar-refractivity contribution < 1.29 is 19.6 Å². The fourth-order valence-corrected chi connectivity index (χ4v) is 3.88. The van der Waals surface area contributed by atoms with Gasteiger partial charge < -0.3 is 4.89 Å². The largest absolute Gasteiger partial charge is 0.402 e. The van der Waals surface area contributed by atoms with Crippen LogP contribution >= 0.6 is 0 Å². The van der Waals surface area contributed by atoms with Crippen molar-refractivity contribution in [3.63, 3.8) is 0 Å². The van der Waals surface area contributed by atoms with Gasteiger partial charge >= 0.3 is 5.97 Å². The molecule has 2 aliphatic heterocycles. The SMILES string of the molecule is CC(C)=CCC/C(C)=C/CC/C(C)=C/CC/C=C(\C)CC/C=C(\C)CCC1=C(C)C2(OO1)OO2. The molecule has 0 aromatic rings. The summed E-state index contributed by atoms with van der Waals surface area (Å²) in [5, 5.41) is 0. The van der Waals surface area contributed by atoms with Crippen molar-refractivity contribution >= 4 is 0 Å². The third kappa shape index (κ3) is 10.6. The Labute approximate surface area is 207 Å². The lowest BCUT2D eigenvalue weighted by atomic mass is 10.0. The van der Waals surface area contributed by atoms with Crippen LogP contribution in [-0.4, -0.2) is 5.97 Å². The van der Waals surface area contributed by atoms with Gasteiger partial charge in [-0.05, 0) is 106 Å². The molecule has 34 heavy (non-hydrogen) atoms. The zero-order chi connectivity index (χ0) is 25.0. The standard InChI is InChI=1S/C30H46O4/c1-23(2)13-10-16-26(5)19-11-17-24(3)14-8-9-15-25(4)18-12-20-27(6)21-22-29-28(7)30(32-31-29)33-34-30/h13-15,19-20H,8-12,16-18,21-22H2,1-7H3/b24-14+,25-15+,26-19+,27-20+. The molecule has 0 radical (unpaired) electrons. The van der Waals surface area contributed by atoms with Gasteiger partial charge in [-0.25, -0.2) is 0 Å². The average Bonchev–Trinajstić information content (AvgIpc) is 3.50. The van der Waals surface area contributed by atoms with E-state index in [1.165, 1.54) is 40.7 Å². The normalized spacial score (nSPS) is 18.6. The molecular formula is C30H46O4. The first kappa shape index (κ1) is 28.4. The van der Waals surface area contributed by atoms with E-state index in [-0.39, 0.29) is 0 Å². The van der Waals surface area contributed by atoms with Crippen molar-refractivity contribution in [1.29, 1.82) is 0 Å². The molecular weight excluding hydrogens is 424 g/mol. The fourth-order valence-electron chi connectivity index (χ4n) is 3.88. The summed E-state index contributed by atoms with van der Waals surface area (Å²) in [4.78, 5) is 20.0. The molecule has 2 aliphatic rings. The van der Waals surface area contributed by atoms with Crippen LogP contribution in [0.3, 0.4) is 0 Å². The molecule has 0 aromatic heterocycles. The van der Waals surface area contributed by atoms with Crippen LogP contribution in [0.2, 0.25) is 0 Å². The van der Waals surface area contributed by atoms with Crippen molar-refractivity contribution in [3.05, 3.63) is 69.6 Å². The van der Waals surface area contributed by atoms with Crippen molar-refractivity contribution in [1.82, 2.24) is 0 Å². The quantitative estimate of drug-likeness (QED) is 0.103. The summed E-state index contributed by atoms with van der Waals surface area (Å²) in [5.74, 6) is -0.223. The van der Waals surface area contributed by atoms with Gasteiger partial charge in [0.1, 0.15) is 5.76 Å². The molecule has 0 saturated carbocycles. The van der Waals surface area contributed by atoms with Crippen LogP contribution in [0.1, 0.15) is 113 Å². The van der Waals surface area contributed by atoms with Crippen molar-refractivity contribution in [3.8, 4) is 0 Å². The Hall–Kier alpha value is -1.88. The molecule has 2 heterocycles. The maximum atomic E-state index is 5.24. The lowest BCUT2D eigenvalue weighted by Crippen LogP contribution is -2.09. The van der Waals surface area contributed by atoms with Gasteiger partial charge in [-0.3, -0.25) is 0 Å². The highest BCUT2D eigenvalue weighted by molar-refractivity contribution is 5.18. The highest BCUT2D eigenvalue weighted by Gasteiger charge is 2.60. The summed E-state index contributed by atoms with van der Waals surface area (Å²) in [6.45, 7) is 15.2. The molecule has 1 fully saturated rings. The van der Waals surface area contributed by atoms with Gasteiger partial charge in [-0.2, -0.15) is 9.78 Å². The first-order valence-corrected chi connectivity index (χ1v) is 12.9. The average molecular weight is 471 g/mol. The lowest BCUT2D eigenvalue weighted by molar-refractivity contribution is -0.305. The van der Waals surface area contributed by atoms with Crippen LogP contribution in [-0.2, 0) is 19.6 Å². The summed E-state index contributed by atoms with van der Waals surface area (Å²) < 4.78 is 0. The Bertz CT molecular complexity index is 843. The van der Waals surface area contributed by atoms with E-state index in [0.717, 1.165) is 62.7 Å². The number of rotatable bonds is 15. The first-order valence-electron chi connectivity index (χ1n) is 12.9. The van der Waals surface area contributed by atoms with Crippen LogP contribution in [0.25, 0.3) is 0 Å². The topological polar surface area (TPSA) is 43.5 Å². The monoisotopic (exact) mass is 470 g/mol. The molecule has 0 aliphatic carbocycles. The molecule has 0 N–H and O–H groups in total. The summed E-state index contributed by atoms with van der Waals surface area (Å²) >= 11 is 0. The number of hydrogen-bond donors (Lipinski definition) is 0. The predicted octanol–water partition coefficient (Wildman–Crippen LogP) is 9.49. The highest BCUT2D eigenvalue weighted by Crippen LogP contribution is 2.46. The number of unbranched alkanes of at least 4 members (excludes halogenated alkanes) is 1. The Kier molecular flexibility index (Phi) is 12.1. The minimum absolute atomic E-state index is 0.800. The molecule has 0 bridgehead atoms. The van der Waals surface area contributed by atoms with E-state index in [4.69, 9.17) is 19.6 Å². The Morgan fingerprint density at radius 1 is 0.588 bits per heavy atom. The zero-order valence-electron chi connectivity index (χ0n) is 22.6. The van der Waals surface area contributed by atoms with Crippen LogP contribution in [0, 0.1) is 0 Å². The Morgan fingerprint density at radius 2 is 1.03 bits per heavy atom. The van der Waals surface area contributed by atoms with Gasteiger partial charge in [0, 0.05) is 6.42 Å². The number of allylic oxidation sites excluding steroid dienone is 11. The predicted molar refractivity (Wildman–Crippen MR) is 140 cm³/mol. The summed E-state index contributed by atoms with van der Waals surface area (Å²) in [5.41, 5.74) is 8.15. The van der Waals surface area contributed by atoms with Gasteiger partial charge in [-0.1, -0.05) is 58.2 Å². The molecule has 4 nitrogen and oxygen atoms in total. The molecule has 0 amide bonds. The fraction of sp³-hybridized carbons (Fsp3) is 0.600. The van der Waals surface area contributed by atoms with Crippen LogP contribution < -0.4 is 0 Å². The van der Waals surface area contributed by atoms with Crippen LogP contribution in [0.4, 0.5) is 0 Å². The van der Waals surface area contributed by atoms with Gasteiger partial charge in [-0.15, -0.1) is 4.89 Å².